The van der Waals surface area contributed by atoms with Crippen molar-refractivity contribution < 1.29 is 0 Å². The molecule has 0 aliphatic rings. The van der Waals surface area contributed by atoms with Crippen LogP contribution in [0.15, 0.2) is 413 Å². The molecule has 0 fully saturated rings. The third-order valence-corrected chi connectivity index (χ3v) is 22.3. The molecule has 0 aliphatic carbocycles. The number of aromatic nitrogens is 6. The van der Waals surface area contributed by atoms with Crippen LogP contribution >= 0.6 is 0 Å². The highest BCUT2D eigenvalue weighted by atomic mass is 15.1. The summed E-state index contributed by atoms with van der Waals surface area (Å²) in [6.07, 6.45) is 0. The van der Waals surface area contributed by atoms with Gasteiger partial charge in [0, 0.05) is 38.9 Å². The summed E-state index contributed by atoms with van der Waals surface area (Å²) < 4.78 is 2.25. The van der Waals surface area contributed by atoms with Crippen LogP contribution in [0.25, 0.3) is 214 Å². The zero-order chi connectivity index (χ0) is 74.7. The lowest BCUT2D eigenvalue weighted by Gasteiger charge is -2.14. The van der Waals surface area contributed by atoms with Gasteiger partial charge in [-0.3, -0.25) is 4.57 Å². The van der Waals surface area contributed by atoms with Crippen molar-refractivity contribution in [2.24, 2.45) is 0 Å². The van der Waals surface area contributed by atoms with Crippen molar-refractivity contribution in [1.82, 2.24) is 29.5 Å². The Morgan fingerprint density at radius 3 is 1.12 bits per heavy atom. The lowest BCUT2D eigenvalue weighted by molar-refractivity contribution is 1.10. The van der Waals surface area contributed by atoms with E-state index in [1.807, 2.05) is 54.6 Å². The Hall–Kier alpha value is -15.1. The van der Waals surface area contributed by atoms with Gasteiger partial charge in [0.25, 0.3) is 0 Å². The zero-order valence-electron chi connectivity index (χ0n) is 61.4. The number of pyridine rings is 2. The maximum Gasteiger partial charge on any atom is 0.160 e. The van der Waals surface area contributed by atoms with Crippen molar-refractivity contribution in [3.63, 3.8) is 0 Å². The first-order valence-corrected chi connectivity index (χ1v) is 38.4. The summed E-state index contributed by atoms with van der Waals surface area (Å²) in [4.78, 5) is 25.1. The van der Waals surface area contributed by atoms with Crippen molar-refractivity contribution in [3.05, 3.63) is 413 Å². The second-order valence-electron chi connectivity index (χ2n) is 28.9. The fourth-order valence-electron chi connectivity index (χ4n) is 16.9. The van der Waals surface area contributed by atoms with Crippen molar-refractivity contribution in [2.45, 2.75) is 0 Å². The van der Waals surface area contributed by atoms with Crippen LogP contribution in [0.4, 0.5) is 0 Å². The van der Waals surface area contributed by atoms with Crippen molar-refractivity contribution in [1.29, 1.82) is 0 Å². The fourth-order valence-corrected chi connectivity index (χ4v) is 16.9. The Morgan fingerprint density at radius 2 is 0.575 bits per heavy atom. The molecular formula is C107H68N6. The van der Waals surface area contributed by atoms with Crippen molar-refractivity contribution in [2.75, 3.05) is 0 Å². The van der Waals surface area contributed by atoms with Gasteiger partial charge in [0.15, 0.2) is 5.82 Å². The molecule has 23 rings (SSSR count). The van der Waals surface area contributed by atoms with E-state index in [1.54, 1.807) is 0 Å². The summed E-state index contributed by atoms with van der Waals surface area (Å²) in [6, 6.07) is 146. The van der Waals surface area contributed by atoms with Gasteiger partial charge in [-0.2, -0.15) is 0 Å². The van der Waals surface area contributed by atoms with Crippen LogP contribution < -0.4 is 0 Å². The number of hydrogen-bond donors (Lipinski definition) is 0. The molecule has 6 nitrogen and oxygen atoms in total. The normalized spacial score (nSPS) is 11.5. The number of imidazole rings is 1. The highest BCUT2D eigenvalue weighted by molar-refractivity contribution is 6.27. The van der Waals surface area contributed by atoms with Gasteiger partial charge in [-0.1, -0.05) is 352 Å². The highest BCUT2D eigenvalue weighted by Crippen LogP contribution is 2.44. The Labute approximate surface area is 652 Å². The van der Waals surface area contributed by atoms with E-state index in [0.717, 1.165) is 101 Å². The minimum Gasteiger partial charge on any atom is -0.292 e. The molecule has 0 radical (unpaired) electrons. The maximum absolute atomic E-state index is 5.12. The van der Waals surface area contributed by atoms with E-state index in [-0.39, 0.29) is 0 Å². The molecule has 23 aromatic rings. The molecule has 0 N–H and O–H groups in total. The molecule has 0 saturated carbocycles. The van der Waals surface area contributed by atoms with Crippen LogP contribution in [0, 0.1) is 0 Å². The van der Waals surface area contributed by atoms with Gasteiger partial charge in [-0.25, -0.2) is 24.9 Å². The average Bonchev–Trinajstić information content (AvgIpc) is 1.40. The maximum atomic E-state index is 5.12. The fraction of sp³-hybridized carbons (Fsp3) is 0. The van der Waals surface area contributed by atoms with Gasteiger partial charge < -0.3 is 0 Å². The Bertz CT molecular complexity index is 7640. The lowest BCUT2D eigenvalue weighted by atomic mass is 9.90. The molecular weight excluding hydrogens is 1370 g/mol. The number of hydrogen-bond acceptors (Lipinski definition) is 5. The summed E-state index contributed by atoms with van der Waals surface area (Å²) in [5.41, 5.74) is 19.1. The van der Waals surface area contributed by atoms with Crippen molar-refractivity contribution >= 4 is 130 Å². The van der Waals surface area contributed by atoms with Crippen LogP contribution in [-0.4, -0.2) is 29.5 Å². The number of fused-ring (bicyclic) bond motifs is 18. The van der Waals surface area contributed by atoms with Crippen LogP contribution in [0.3, 0.4) is 0 Å². The lowest BCUT2D eigenvalue weighted by Crippen LogP contribution is -1.97. The summed E-state index contributed by atoms with van der Waals surface area (Å²) in [6.45, 7) is 0. The van der Waals surface area contributed by atoms with Crippen LogP contribution in [0.1, 0.15) is 0 Å². The SMILES string of the molecule is c1ccc(-c2ccc3nc(-c4cccc5ccc6ccc7ccccc7c6c45)ccc3n2)cc1.c1ccc(-c2nc(-c3ccccc3)c3cc(-c4cccc5ccc6ccc7ccccc7c6c45)ccc3n2)cc1.c1ccc(-n2c(-c3ccc(-c4cccc5ccc6ccc7ccccc7c6c45)cc3)nc3ccccc32)cc1. The standard InChI is InChI=1S/C38H24N2.C37H24N2.C32H20N2/c1-3-11-28(12-4-1)37-33-24-30(22-23-34(33)39-38(40-37)29-13-5-2-6-14-29)32-17-9-15-26-20-21-27-19-18-25-10-7-8-16-31(25)36(27)35(26)32;1-2-11-30(12-3-1)39-34-16-7-6-15-33(34)38-37(39)29-23-18-26(19-24-29)32-14-8-10-27-21-22-28-20-17-25-9-4-5-13-31(25)36(28)35(27)32;1-2-8-22(9-3-1)27-17-19-30-29(33-27)20-18-28(34-30)26-12-6-10-23-15-16-24-14-13-21-7-4-5-11-25(21)31(24)32(23)26/h1-24H;1-24H;1-20H. The highest BCUT2D eigenvalue weighted by Gasteiger charge is 2.20. The summed E-state index contributed by atoms with van der Waals surface area (Å²) in [7, 11) is 0. The number of para-hydroxylation sites is 3. The Morgan fingerprint density at radius 1 is 0.186 bits per heavy atom. The zero-order valence-corrected chi connectivity index (χ0v) is 61.4. The quantitative estimate of drug-likeness (QED) is 0.142. The molecule has 0 saturated heterocycles. The van der Waals surface area contributed by atoms with Gasteiger partial charge >= 0.3 is 0 Å². The topological polar surface area (TPSA) is 69.4 Å². The van der Waals surface area contributed by atoms with E-state index in [9.17, 15) is 0 Å². The number of benzene rings is 19. The molecule has 4 aromatic heterocycles. The largest absolute Gasteiger partial charge is 0.292 e. The number of nitrogens with zero attached hydrogens (tertiary/aromatic N) is 6. The third kappa shape index (κ3) is 12.0. The Balaban J connectivity index is 0.000000107. The first-order valence-electron chi connectivity index (χ1n) is 38.4. The molecule has 0 atom stereocenters. The molecule has 0 spiro atoms. The summed E-state index contributed by atoms with van der Waals surface area (Å²) in [5.74, 6) is 1.69. The molecule has 6 heteroatoms. The third-order valence-electron chi connectivity index (χ3n) is 22.3. The van der Waals surface area contributed by atoms with E-state index in [0.29, 0.717) is 0 Å². The predicted molar refractivity (Wildman–Crippen MR) is 476 cm³/mol. The smallest absolute Gasteiger partial charge is 0.160 e. The van der Waals surface area contributed by atoms with E-state index >= 15 is 0 Å². The van der Waals surface area contributed by atoms with Crippen LogP contribution in [-0.2, 0) is 0 Å². The van der Waals surface area contributed by atoms with Gasteiger partial charge in [0.2, 0.25) is 0 Å². The van der Waals surface area contributed by atoms with Gasteiger partial charge in [0.05, 0.1) is 44.7 Å². The van der Waals surface area contributed by atoms with E-state index in [4.69, 9.17) is 24.9 Å². The van der Waals surface area contributed by atoms with Crippen LogP contribution in [0.2, 0.25) is 0 Å². The number of rotatable bonds is 8. The minimum atomic E-state index is 0.738. The first kappa shape index (κ1) is 66.1. The molecule has 0 aliphatic heterocycles. The molecule has 4 heterocycles. The average molecular weight is 1440 g/mol. The second-order valence-corrected chi connectivity index (χ2v) is 28.9. The molecule has 0 unspecified atom stereocenters. The predicted octanol–water partition coefficient (Wildman–Crippen LogP) is 28.3. The van der Waals surface area contributed by atoms with E-state index < -0.39 is 0 Å². The molecule has 19 aromatic carbocycles. The van der Waals surface area contributed by atoms with Gasteiger partial charge in [-0.15, -0.1) is 0 Å². The van der Waals surface area contributed by atoms with Gasteiger partial charge in [0.1, 0.15) is 5.82 Å². The monoisotopic (exact) mass is 1440 g/mol. The van der Waals surface area contributed by atoms with E-state index in [1.165, 1.54) is 114 Å². The van der Waals surface area contributed by atoms with Gasteiger partial charge in [-0.05, 0) is 180 Å². The summed E-state index contributed by atoms with van der Waals surface area (Å²) >= 11 is 0. The molecule has 113 heavy (non-hydrogen) atoms. The van der Waals surface area contributed by atoms with Crippen LogP contribution in [0.5, 0.6) is 0 Å². The first-order chi connectivity index (χ1) is 56.0. The molecule has 526 valence electrons. The second kappa shape index (κ2) is 28.2. The van der Waals surface area contributed by atoms with E-state index in [2.05, 4.69) is 362 Å². The van der Waals surface area contributed by atoms with Crippen molar-refractivity contribution in [3.8, 4) is 84.5 Å². The minimum absolute atomic E-state index is 0.738. The Kier molecular flexibility index (Phi) is 16.5. The summed E-state index contributed by atoms with van der Waals surface area (Å²) in [5, 5.41) is 23.9. The molecule has 0 amide bonds. The molecule has 0 bridgehead atoms.